The van der Waals surface area contributed by atoms with Gasteiger partial charge in [0.2, 0.25) is 5.91 Å². The van der Waals surface area contributed by atoms with Gasteiger partial charge in [0, 0.05) is 69.6 Å². The van der Waals surface area contributed by atoms with Crippen LogP contribution in [0.4, 0.5) is 5.69 Å². The average Bonchev–Trinajstić information content (AvgIpc) is 2.76. The largest absolute Gasteiger partial charge is 0.325 e. The number of thioether (sulfide) groups is 1. The minimum absolute atomic E-state index is 0.0821. The van der Waals surface area contributed by atoms with E-state index in [0.29, 0.717) is 6.54 Å². The number of rotatable bonds is 7. The fraction of sp³-hybridized carbons (Fsp3) is 0.480. The van der Waals surface area contributed by atoms with E-state index in [2.05, 4.69) is 63.3 Å². The van der Waals surface area contributed by atoms with Crippen LogP contribution in [0, 0.1) is 6.92 Å². The molecular formula is C25H34N4OS. The van der Waals surface area contributed by atoms with Crippen molar-refractivity contribution in [3.8, 4) is 0 Å². The molecule has 0 aromatic heterocycles. The van der Waals surface area contributed by atoms with Crippen LogP contribution >= 0.6 is 11.8 Å². The summed E-state index contributed by atoms with van der Waals surface area (Å²) in [5.41, 5.74) is 4.86. The molecule has 5 nitrogen and oxygen atoms in total. The second-order valence-electron chi connectivity index (χ2n) is 8.68. The molecule has 2 aromatic rings. The summed E-state index contributed by atoms with van der Waals surface area (Å²) in [5, 5.41) is 3.11. The lowest BCUT2D eigenvalue weighted by Gasteiger charge is -2.34. The lowest BCUT2D eigenvalue weighted by Crippen LogP contribution is -2.48. The Morgan fingerprint density at radius 3 is 2.16 bits per heavy atom. The predicted molar refractivity (Wildman–Crippen MR) is 131 cm³/mol. The molecule has 2 aliphatic heterocycles. The van der Waals surface area contributed by atoms with Crippen LogP contribution in [0.2, 0.25) is 0 Å². The molecule has 2 heterocycles. The number of hydrogen-bond acceptors (Lipinski definition) is 5. The highest BCUT2D eigenvalue weighted by Crippen LogP contribution is 2.16. The summed E-state index contributed by atoms with van der Waals surface area (Å²) in [7, 11) is 0. The standard InChI is InChI=1S/C25H34N4OS/c1-21-4-2-5-22(16-21)18-27-8-10-28(11-9-27)20-25(30)26-24-7-3-6-23(17-24)19-29-12-14-31-15-13-29/h2-7,16-17H,8-15,18-20H2,1H3,(H,26,30). The Kier molecular flexibility index (Phi) is 8.03. The smallest absolute Gasteiger partial charge is 0.238 e. The molecular weight excluding hydrogens is 404 g/mol. The molecule has 0 bridgehead atoms. The maximum Gasteiger partial charge on any atom is 0.238 e. The monoisotopic (exact) mass is 438 g/mol. The maximum absolute atomic E-state index is 12.6. The van der Waals surface area contributed by atoms with Crippen molar-refractivity contribution in [2.75, 3.05) is 62.6 Å². The Hall–Kier alpha value is -1.86. The van der Waals surface area contributed by atoms with Crippen molar-refractivity contribution in [3.05, 3.63) is 65.2 Å². The number of amides is 1. The number of nitrogens with zero attached hydrogens (tertiary/aromatic N) is 3. The zero-order chi connectivity index (χ0) is 21.5. The summed E-state index contributed by atoms with van der Waals surface area (Å²) in [6.45, 7) is 10.7. The number of aryl methyl sites for hydroxylation is 1. The molecule has 2 aliphatic rings. The van der Waals surface area contributed by atoms with Crippen LogP contribution in [0.15, 0.2) is 48.5 Å². The molecule has 0 spiro atoms. The number of nitrogens with one attached hydrogen (secondary N) is 1. The van der Waals surface area contributed by atoms with E-state index < -0.39 is 0 Å². The molecule has 1 N–H and O–H groups in total. The van der Waals surface area contributed by atoms with Crippen LogP contribution in [0.5, 0.6) is 0 Å². The average molecular weight is 439 g/mol. The highest BCUT2D eigenvalue weighted by Gasteiger charge is 2.19. The predicted octanol–water partition coefficient (Wildman–Crippen LogP) is 3.30. The molecule has 0 atom stereocenters. The Bertz CT molecular complexity index is 860. The molecule has 2 fully saturated rings. The van der Waals surface area contributed by atoms with Crippen molar-refractivity contribution in [2.24, 2.45) is 0 Å². The molecule has 0 saturated carbocycles. The van der Waals surface area contributed by atoms with Crippen molar-refractivity contribution in [2.45, 2.75) is 20.0 Å². The summed E-state index contributed by atoms with van der Waals surface area (Å²) in [6, 6.07) is 17.1. The second kappa shape index (κ2) is 11.1. The lowest BCUT2D eigenvalue weighted by atomic mass is 10.1. The Morgan fingerprint density at radius 1 is 0.839 bits per heavy atom. The van der Waals surface area contributed by atoms with Crippen molar-refractivity contribution in [3.63, 3.8) is 0 Å². The Balaban J connectivity index is 1.21. The van der Waals surface area contributed by atoms with Gasteiger partial charge in [0.15, 0.2) is 0 Å². The van der Waals surface area contributed by atoms with Gasteiger partial charge in [-0.25, -0.2) is 0 Å². The molecule has 0 unspecified atom stereocenters. The van der Waals surface area contributed by atoms with E-state index in [1.807, 2.05) is 23.9 Å². The van der Waals surface area contributed by atoms with Gasteiger partial charge < -0.3 is 5.32 Å². The zero-order valence-electron chi connectivity index (χ0n) is 18.6. The molecule has 31 heavy (non-hydrogen) atoms. The molecule has 2 aromatic carbocycles. The lowest BCUT2D eigenvalue weighted by molar-refractivity contribution is -0.117. The van der Waals surface area contributed by atoms with Gasteiger partial charge in [-0.1, -0.05) is 42.0 Å². The number of piperazine rings is 1. The molecule has 166 valence electrons. The normalized spacial score (nSPS) is 18.7. The minimum Gasteiger partial charge on any atom is -0.325 e. The number of hydrogen-bond donors (Lipinski definition) is 1. The first kappa shape index (κ1) is 22.3. The van der Waals surface area contributed by atoms with E-state index in [1.54, 1.807) is 0 Å². The van der Waals surface area contributed by atoms with E-state index in [-0.39, 0.29) is 5.91 Å². The summed E-state index contributed by atoms with van der Waals surface area (Å²) < 4.78 is 0. The van der Waals surface area contributed by atoms with E-state index in [1.165, 1.54) is 28.2 Å². The van der Waals surface area contributed by atoms with Gasteiger partial charge in [-0.15, -0.1) is 0 Å². The number of anilines is 1. The van der Waals surface area contributed by atoms with Gasteiger partial charge in [-0.2, -0.15) is 11.8 Å². The SMILES string of the molecule is Cc1cccc(CN2CCN(CC(=O)Nc3cccc(CN4CCSCC4)c3)CC2)c1. The van der Waals surface area contributed by atoms with E-state index in [9.17, 15) is 4.79 Å². The number of carbonyl (C=O) groups excluding carboxylic acids is 1. The highest BCUT2D eigenvalue weighted by molar-refractivity contribution is 7.99. The van der Waals surface area contributed by atoms with Crippen LogP contribution in [-0.2, 0) is 17.9 Å². The van der Waals surface area contributed by atoms with Gasteiger partial charge in [-0.05, 0) is 30.2 Å². The Labute approximate surface area is 190 Å². The second-order valence-corrected chi connectivity index (χ2v) is 9.90. The zero-order valence-corrected chi connectivity index (χ0v) is 19.4. The quantitative estimate of drug-likeness (QED) is 0.718. The number of benzene rings is 2. The summed E-state index contributed by atoms with van der Waals surface area (Å²) in [4.78, 5) is 19.8. The topological polar surface area (TPSA) is 38.8 Å². The summed E-state index contributed by atoms with van der Waals surface area (Å²) in [6.07, 6.45) is 0. The van der Waals surface area contributed by atoms with Gasteiger partial charge in [0.05, 0.1) is 6.54 Å². The van der Waals surface area contributed by atoms with Gasteiger partial charge in [0.25, 0.3) is 0 Å². The van der Waals surface area contributed by atoms with E-state index in [0.717, 1.165) is 58.0 Å². The van der Waals surface area contributed by atoms with E-state index in [4.69, 9.17) is 0 Å². The van der Waals surface area contributed by atoms with Gasteiger partial charge in [-0.3, -0.25) is 19.5 Å². The molecule has 0 aliphatic carbocycles. The first-order valence-corrected chi connectivity index (χ1v) is 12.5. The molecule has 2 saturated heterocycles. The van der Waals surface area contributed by atoms with Crippen molar-refractivity contribution in [1.29, 1.82) is 0 Å². The van der Waals surface area contributed by atoms with Crippen LogP contribution in [0.25, 0.3) is 0 Å². The molecule has 6 heteroatoms. The van der Waals surface area contributed by atoms with Gasteiger partial charge in [0.1, 0.15) is 0 Å². The highest BCUT2D eigenvalue weighted by atomic mass is 32.2. The fourth-order valence-corrected chi connectivity index (χ4v) is 5.32. The third-order valence-corrected chi connectivity index (χ3v) is 6.98. The molecule has 0 radical (unpaired) electrons. The third kappa shape index (κ3) is 7.07. The van der Waals surface area contributed by atoms with Crippen LogP contribution in [0.3, 0.4) is 0 Å². The summed E-state index contributed by atoms with van der Waals surface area (Å²) in [5.74, 6) is 2.52. The minimum atomic E-state index is 0.0821. The first-order valence-electron chi connectivity index (χ1n) is 11.3. The van der Waals surface area contributed by atoms with Crippen molar-refractivity contribution >= 4 is 23.4 Å². The Morgan fingerprint density at radius 2 is 1.45 bits per heavy atom. The van der Waals surface area contributed by atoms with Crippen LogP contribution in [0.1, 0.15) is 16.7 Å². The van der Waals surface area contributed by atoms with Crippen molar-refractivity contribution in [1.82, 2.24) is 14.7 Å². The maximum atomic E-state index is 12.6. The number of carbonyl (C=O) groups is 1. The van der Waals surface area contributed by atoms with Gasteiger partial charge >= 0.3 is 0 Å². The molecule has 1 amide bonds. The van der Waals surface area contributed by atoms with E-state index >= 15 is 0 Å². The van der Waals surface area contributed by atoms with Crippen LogP contribution in [-0.4, -0.2) is 77.9 Å². The molecule has 4 rings (SSSR count). The van der Waals surface area contributed by atoms with Crippen molar-refractivity contribution < 1.29 is 4.79 Å². The first-order chi connectivity index (χ1) is 15.1. The third-order valence-electron chi connectivity index (χ3n) is 6.04. The summed E-state index contributed by atoms with van der Waals surface area (Å²) >= 11 is 2.03. The van der Waals surface area contributed by atoms with Crippen LogP contribution < -0.4 is 5.32 Å². The fourth-order valence-electron chi connectivity index (χ4n) is 4.34.